The van der Waals surface area contributed by atoms with Crippen LogP contribution < -0.4 is 10.2 Å². The Morgan fingerprint density at radius 1 is 1.79 bits per heavy atom. The zero-order valence-electron chi connectivity index (χ0n) is 8.16. The van der Waals surface area contributed by atoms with E-state index in [1.165, 1.54) is 19.4 Å². The van der Waals surface area contributed by atoms with Crippen molar-refractivity contribution in [3.8, 4) is 0 Å². The quantitative estimate of drug-likeness (QED) is 0.916. The smallest absolute Gasteiger partial charge is 0.186 e. The Hall–Kier alpha value is -0.130. The third kappa shape index (κ3) is 2.46. The van der Waals surface area contributed by atoms with Gasteiger partial charge in [0.1, 0.15) is 4.60 Å². The second-order valence-corrected chi connectivity index (χ2v) is 5.28. The maximum Gasteiger partial charge on any atom is 0.186 e. The van der Waals surface area contributed by atoms with Crippen LogP contribution in [0.1, 0.15) is 12.8 Å². The van der Waals surface area contributed by atoms with Gasteiger partial charge in [-0.05, 0) is 35.3 Å². The number of anilines is 1. The Bertz CT molecular complexity index is 296. The lowest BCUT2D eigenvalue weighted by Crippen LogP contribution is -2.35. The fourth-order valence-electron chi connectivity index (χ4n) is 1.74. The Morgan fingerprint density at radius 2 is 2.64 bits per heavy atom. The Kier molecular flexibility index (Phi) is 3.41. The molecule has 0 bridgehead atoms. The number of aromatic nitrogens is 1. The number of halogens is 1. The topological polar surface area (TPSA) is 28.2 Å². The summed E-state index contributed by atoms with van der Waals surface area (Å²) in [6.07, 6.45) is 2.59. The van der Waals surface area contributed by atoms with Crippen LogP contribution in [0.3, 0.4) is 0 Å². The number of hydrogen-bond acceptors (Lipinski definition) is 4. The van der Waals surface area contributed by atoms with Gasteiger partial charge in [0.15, 0.2) is 5.13 Å². The van der Waals surface area contributed by atoms with Gasteiger partial charge in [-0.25, -0.2) is 4.98 Å². The highest BCUT2D eigenvalue weighted by Crippen LogP contribution is 2.23. The van der Waals surface area contributed by atoms with Crippen molar-refractivity contribution in [2.75, 3.05) is 25.0 Å². The third-order valence-electron chi connectivity index (χ3n) is 2.45. The van der Waals surface area contributed by atoms with E-state index in [0.29, 0.717) is 6.04 Å². The Balaban J connectivity index is 1.91. The lowest BCUT2D eigenvalue weighted by atomic mass is 10.2. The molecule has 0 spiro atoms. The normalized spacial score (nSPS) is 21.4. The summed E-state index contributed by atoms with van der Waals surface area (Å²) in [5, 5.41) is 6.60. The molecule has 5 heteroatoms. The fourth-order valence-corrected chi connectivity index (χ4v) is 2.97. The van der Waals surface area contributed by atoms with Crippen molar-refractivity contribution in [3.05, 3.63) is 9.98 Å². The molecule has 0 radical (unpaired) electrons. The number of likely N-dealkylation sites (N-methyl/N-ethyl adjacent to an activating group) is 1. The summed E-state index contributed by atoms with van der Waals surface area (Å²) >= 11 is 5.05. The summed E-state index contributed by atoms with van der Waals surface area (Å²) in [4.78, 5) is 6.61. The van der Waals surface area contributed by atoms with Crippen LogP contribution in [0.4, 0.5) is 5.13 Å². The predicted molar refractivity (Wildman–Crippen MR) is 64.1 cm³/mol. The van der Waals surface area contributed by atoms with Gasteiger partial charge in [-0.2, -0.15) is 0 Å². The van der Waals surface area contributed by atoms with Crippen molar-refractivity contribution in [1.82, 2.24) is 10.3 Å². The molecule has 2 heterocycles. The van der Waals surface area contributed by atoms with Crippen molar-refractivity contribution < 1.29 is 0 Å². The molecule has 3 nitrogen and oxygen atoms in total. The van der Waals surface area contributed by atoms with Crippen LogP contribution >= 0.6 is 27.3 Å². The molecule has 1 aromatic heterocycles. The lowest BCUT2D eigenvalue weighted by Gasteiger charge is -2.20. The first-order chi connectivity index (χ1) is 6.75. The summed E-state index contributed by atoms with van der Waals surface area (Å²) in [5.74, 6) is 0. The van der Waals surface area contributed by atoms with Crippen LogP contribution in [0.25, 0.3) is 0 Å². The third-order valence-corrected chi connectivity index (χ3v) is 4.11. The predicted octanol–water partition coefficient (Wildman–Crippen LogP) is 2.09. The zero-order valence-corrected chi connectivity index (χ0v) is 10.6. The molecule has 1 aliphatic heterocycles. The zero-order chi connectivity index (χ0) is 9.97. The number of nitrogens with one attached hydrogen (secondary N) is 1. The van der Waals surface area contributed by atoms with Crippen LogP contribution in [0, 0.1) is 0 Å². The standard InChI is InChI=1S/C9H14BrN3S/c1-13(5-7-3-2-4-11-7)9-12-8(10)6-14-9/h6-7,11H,2-5H2,1H3. The van der Waals surface area contributed by atoms with Crippen LogP contribution in [0.5, 0.6) is 0 Å². The summed E-state index contributed by atoms with van der Waals surface area (Å²) in [7, 11) is 2.10. The summed E-state index contributed by atoms with van der Waals surface area (Å²) in [6.45, 7) is 2.22. The number of hydrogen-bond donors (Lipinski definition) is 1. The second kappa shape index (κ2) is 4.59. The van der Waals surface area contributed by atoms with Gasteiger partial charge in [0, 0.05) is 25.0 Å². The van der Waals surface area contributed by atoms with Gasteiger partial charge in [-0.1, -0.05) is 0 Å². The summed E-state index contributed by atoms with van der Waals surface area (Å²) < 4.78 is 0.934. The molecule has 1 unspecified atom stereocenters. The summed E-state index contributed by atoms with van der Waals surface area (Å²) in [6, 6.07) is 0.641. The van der Waals surface area contributed by atoms with Crippen LogP contribution in [-0.4, -0.2) is 31.2 Å². The molecule has 0 aromatic carbocycles. The van der Waals surface area contributed by atoms with Gasteiger partial charge < -0.3 is 10.2 Å². The number of thiazole rings is 1. The molecule has 0 amide bonds. The minimum atomic E-state index is 0.641. The first-order valence-electron chi connectivity index (χ1n) is 4.81. The van der Waals surface area contributed by atoms with Gasteiger partial charge in [0.2, 0.25) is 0 Å². The molecule has 1 aromatic rings. The van der Waals surface area contributed by atoms with E-state index in [1.54, 1.807) is 11.3 Å². The van der Waals surface area contributed by atoms with Gasteiger partial charge >= 0.3 is 0 Å². The van der Waals surface area contributed by atoms with Crippen LogP contribution in [0.15, 0.2) is 9.98 Å². The van der Waals surface area contributed by atoms with Crippen LogP contribution in [0.2, 0.25) is 0 Å². The SMILES string of the molecule is CN(CC1CCCN1)c1nc(Br)cs1. The highest BCUT2D eigenvalue weighted by molar-refractivity contribution is 9.10. The largest absolute Gasteiger partial charge is 0.350 e. The molecular formula is C9H14BrN3S. The first kappa shape index (κ1) is 10.4. The maximum atomic E-state index is 4.39. The molecule has 14 heavy (non-hydrogen) atoms. The minimum absolute atomic E-state index is 0.641. The van der Waals surface area contributed by atoms with E-state index in [0.717, 1.165) is 16.3 Å². The van der Waals surface area contributed by atoms with E-state index >= 15 is 0 Å². The molecule has 1 fully saturated rings. The van der Waals surface area contributed by atoms with E-state index in [2.05, 4.69) is 38.2 Å². The first-order valence-corrected chi connectivity index (χ1v) is 6.48. The number of rotatable bonds is 3. The van der Waals surface area contributed by atoms with E-state index in [9.17, 15) is 0 Å². The van der Waals surface area contributed by atoms with Crippen molar-refractivity contribution >= 4 is 32.4 Å². The molecule has 0 aliphatic carbocycles. The molecule has 0 saturated carbocycles. The molecule has 2 rings (SSSR count). The Labute approximate surface area is 96.7 Å². The van der Waals surface area contributed by atoms with Crippen LogP contribution in [-0.2, 0) is 0 Å². The van der Waals surface area contributed by atoms with Crippen molar-refractivity contribution in [2.24, 2.45) is 0 Å². The van der Waals surface area contributed by atoms with Gasteiger partial charge in [-0.3, -0.25) is 0 Å². The molecular weight excluding hydrogens is 262 g/mol. The van der Waals surface area contributed by atoms with E-state index in [4.69, 9.17) is 0 Å². The molecule has 1 atom stereocenters. The number of nitrogens with zero attached hydrogens (tertiary/aromatic N) is 2. The monoisotopic (exact) mass is 275 g/mol. The average molecular weight is 276 g/mol. The molecule has 1 aliphatic rings. The second-order valence-electron chi connectivity index (χ2n) is 3.63. The molecule has 1 saturated heterocycles. The van der Waals surface area contributed by atoms with E-state index in [-0.39, 0.29) is 0 Å². The van der Waals surface area contributed by atoms with Gasteiger partial charge in [0.05, 0.1) is 0 Å². The minimum Gasteiger partial charge on any atom is -0.350 e. The lowest BCUT2D eigenvalue weighted by molar-refractivity contribution is 0.599. The highest BCUT2D eigenvalue weighted by Gasteiger charge is 2.17. The summed E-state index contributed by atoms with van der Waals surface area (Å²) in [5.41, 5.74) is 0. The van der Waals surface area contributed by atoms with Gasteiger partial charge in [-0.15, -0.1) is 11.3 Å². The van der Waals surface area contributed by atoms with E-state index in [1.807, 2.05) is 5.38 Å². The molecule has 78 valence electrons. The maximum absolute atomic E-state index is 4.39. The van der Waals surface area contributed by atoms with E-state index < -0.39 is 0 Å². The van der Waals surface area contributed by atoms with Gasteiger partial charge in [0.25, 0.3) is 0 Å². The molecule has 1 N–H and O–H groups in total. The average Bonchev–Trinajstić information content (AvgIpc) is 2.75. The fraction of sp³-hybridized carbons (Fsp3) is 0.667. The van der Waals surface area contributed by atoms with Crippen molar-refractivity contribution in [1.29, 1.82) is 0 Å². The van der Waals surface area contributed by atoms with Crippen molar-refractivity contribution in [2.45, 2.75) is 18.9 Å². The van der Waals surface area contributed by atoms with Crippen molar-refractivity contribution in [3.63, 3.8) is 0 Å². The Morgan fingerprint density at radius 3 is 3.21 bits per heavy atom. The highest BCUT2D eigenvalue weighted by atomic mass is 79.9.